The topological polar surface area (TPSA) is 43.1 Å². The molecule has 2 nitrogen and oxygen atoms in total. The molecular weight excluding hydrogens is 230 g/mol. The van der Waals surface area contributed by atoms with Crippen LogP contribution in [0.5, 0.6) is 0 Å². The average molecular weight is 253 g/mol. The third-order valence-electron chi connectivity index (χ3n) is 2.76. The number of rotatable bonds is 6. The molecule has 2 atom stereocenters. The van der Waals surface area contributed by atoms with Gasteiger partial charge in [0.2, 0.25) is 0 Å². The summed E-state index contributed by atoms with van der Waals surface area (Å²) in [7, 11) is -0.803. The SMILES string of the molecule is Cc1cccc(C(N)CS(=O)CCC(C)C)c1. The zero-order valence-electron chi connectivity index (χ0n) is 11.0. The van der Waals surface area contributed by atoms with Crippen LogP contribution in [0.15, 0.2) is 24.3 Å². The molecule has 0 aliphatic rings. The smallest absolute Gasteiger partial charge is 0.0428 e. The van der Waals surface area contributed by atoms with Gasteiger partial charge in [0.25, 0.3) is 0 Å². The summed E-state index contributed by atoms with van der Waals surface area (Å²) < 4.78 is 11.8. The van der Waals surface area contributed by atoms with Crippen molar-refractivity contribution in [3.63, 3.8) is 0 Å². The van der Waals surface area contributed by atoms with Crippen LogP contribution in [0.3, 0.4) is 0 Å². The zero-order valence-corrected chi connectivity index (χ0v) is 11.8. The first-order chi connectivity index (χ1) is 7.99. The van der Waals surface area contributed by atoms with Crippen LogP contribution in [0.4, 0.5) is 0 Å². The molecule has 0 saturated carbocycles. The summed E-state index contributed by atoms with van der Waals surface area (Å²) in [4.78, 5) is 0. The quantitative estimate of drug-likeness (QED) is 0.847. The summed E-state index contributed by atoms with van der Waals surface area (Å²) in [5.74, 6) is 1.93. The fourth-order valence-corrected chi connectivity index (χ4v) is 3.14. The lowest BCUT2D eigenvalue weighted by Crippen LogP contribution is -2.20. The summed E-state index contributed by atoms with van der Waals surface area (Å²) in [6.07, 6.45) is 1.01. The second-order valence-corrected chi connectivity index (χ2v) is 6.64. The molecule has 96 valence electrons. The molecule has 1 aromatic carbocycles. The van der Waals surface area contributed by atoms with Crippen LogP contribution in [0, 0.1) is 12.8 Å². The summed E-state index contributed by atoms with van der Waals surface area (Å²) in [5.41, 5.74) is 8.36. The Morgan fingerprint density at radius 3 is 2.65 bits per heavy atom. The van der Waals surface area contributed by atoms with Gasteiger partial charge in [0.15, 0.2) is 0 Å². The van der Waals surface area contributed by atoms with Crippen molar-refractivity contribution in [3.05, 3.63) is 35.4 Å². The van der Waals surface area contributed by atoms with E-state index in [-0.39, 0.29) is 6.04 Å². The molecule has 1 aromatic rings. The number of hydrogen-bond donors (Lipinski definition) is 1. The van der Waals surface area contributed by atoms with E-state index in [1.165, 1.54) is 5.56 Å². The van der Waals surface area contributed by atoms with E-state index in [0.717, 1.165) is 17.7 Å². The maximum Gasteiger partial charge on any atom is 0.0428 e. The molecule has 0 aliphatic carbocycles. The summed E-state index contributed by atoms with van der Waals surface area (Å²) in [5, 5.41) is 0. The van der Waals surface area contributed by atoms with Crippen molar-refractivity contribution in [2.24, 2.45) is 11.7 Å². The fraction of sp³-hybridized carbons (Fsp3) is 0.571. The van der Waals surface area contributed by atoms with E-state index in [0.29, 0.717) is 11.7 Å². The Bertz CT molecular complexity index is 376. The van der Waals surface area contributed by atoms with E-state index in [1.807, 2.05) is 25.1 Å². The van der Waals surface area contributed by atoms with E-state index in [9.17, 15) is 4.21 Å². The molecule has 2 N–H and O–H groups in total. The van der Waals surface area contributed by atoms with Gasteiger partial charge in [0.1, 0.15) is 0 Å². The summed E-state index contributed by atoms with van der Waals surface area (Å²) in [6, 6.07) is 8.03. The molecular formula is C14H23NOS. The Kier molecular flexibility index (Phi) is 5.86. The highest BCUT2D eigenvalue weighted by atomic mass is 32.2. The van der Waals surface area contributed by atoms with Gasteiger partial charge in [-0.25, -0.2) is 0 Å². The van der Waals surface area contributed by atoms with Crippen LogP contribution in [0.2, 0.25) is 0 Å². The minimum atomic E-state index is -0.803. The first kappa shape index (κ1) is 14.4. The first-order valence-electron chi connectivity index (χ1n) is 6.16. The molecule has 0 aromatic heterocycles. The summed E-state index contributed by atoms with van der Waals surface area (Å²) in [6.45, 7) is 6.35. The molecule has 0 bridgehead atoms. The highest BCUT2D eigenvalue weighted by Crippen LogP contribution is 2.14. The number of nitrogens with two attached hydrogens (primary N) is 1. The van der Waals surface area contributed by atoms with Crippen molar-refractivity contribution in [2.45, 2.75) is 33.2 Å². The van der Waals surface area contributed by atoms with Crippen LogP contribution >= 0.6 is 0 Å². The molecule has 0 aliphatic heterocycles. The van der Waals surface area contributed by atoms with E-state index in [2.05, 4.69) is 19.9 Å². The second-order valence-electron chi connectivity index (χ2n) is 5.01. The number of aryl methyl sites for hydroxylation is 1. The van der Waals surface area contributed by atoms with Gasteiger partial charge in [-0.3, -0.25) is 4.21 Å². The Balaban J connectivity index is 2.48. The Morgan fingerprint density at radius 1 is 1.35 bits per heavy atom. The van der Waals surface area contributed by atoms with Crippen molar-refractivity contribution >= 4 is 10.8 Å². The predicted octanol–water partition coefficient (Wildman–Crippen LogP) is 2.79. The minimum absolute atomic E-state index is 0.108. The van der Waals surface area contributed by atoms with Crippen LogP contribution in [0.25, 0.3) is 0 Å². The molecule has 0 saturated heterocycles. The minimum Gasteiger partial charge on any atom is -0.323 e. The van der Waals surface area contributed by atoms with Gasteiger partial charge in [-0.2, -0.15) is 0 Å². The second kappa shape index (κ2) is 6.92. The van der Waals surface area contributed by atoms with E-state index < -0.39 is 10.8 Å². The zero-order chi connectivity index (χ0) is 12.8. The van der Waals surface area contributed by atoms with E-state index in [1.54, 1.807) is 0 Å². The number of hydrogen-bond acceptors (Lipinski definition) is 2. The maximum atomic E-state index is 11.8. The van der Waals surface area contributed by atoms with Crippen molar-refractivity contribution in [1.82, 2.24) is 0 Å². The lowest BCUT2D eigenvalue weighted by molar-refractivity contribution is 0.617. The van der Waals surface area contributed by atoms with Gasteiger partial charge >= 0.3 is 0 Å². The van der Waals surface area contributed by atoms with Crippen LogP contribution in [-0.4, -0.2) is 15.7 Å². The third-order valence-corrected chi connectivity index (χ3v) is 4.18. The Morgan fingerprint density at radius 2 is 2.06 bits per heavy atom. The van der Waals surface area contributed by atoms with Gasteiger partial charge in [0.05, 0.1) is 0 Å². The van der Waals surface area contributed by atoms with Crippen molar-refractivity contribution in [2.75, 3.05) is 11.5 Å². The molecule has 1 rings (SSSR count). The largest absolute Gasteiger partial charge is 0.323 e. The third kappa shape index (κ3) is 5.46. The van der Waals surface area contributed by atoms with Gasteiger partial charge in [0, 0.05) is 28.3 Å². The Hall–Kier alpha value is -0.670. The monoisotopic (exact) mass is 253 g/mol. The highest BCUT2D eigenvalue weighted by Gasteiger charge is 2.11. The lowest BCUT2D eigenvalue weighted by atomic mass is 10.1. The van der Waals surface area contributed by atoms with Crippen molar-refractivity contribution in [1.29, 1.82) is 0 Å². The van der Waals surface area contributed by atoms with Crippen LogP contribution < -0.4 is 5.73 Å². The molecule has 0 spiro atoms. The normalized spacial score (nSPS) is 14.9. The first-order valence-corrected chi connectivity index (χ1v) is 7.65. The van der Waals surface area contributed by atoms with E-state index >= 15 is 0 Å². The average Bonchev–Trinajstić information content (AvgIpc) is 2.26. The van der Waals surface area contributed by atoms with Gasteiger partial charge in [-0.1, -0.05) is 43.7 Å². The number of benzene rings is 1. The van der Waals surface area contributed by atoms with Gasteiger partial charge in [-0.05, 0) is 24.8 Å². The van der Waals surface area contributed by atoms with Gasteiger partial charge < -0.3 is 5.73 Å². The molecule has 0 heterocycles. The van der Waals surface area contributed by atoms with Gasteiger partial charge in [-0.15, -0.1) is 0 Å². The fourth-order valence-electron chi connectivity index (χ4n) is 1.65. The summed E-state index contributed by atoms with van der Waals surface area (Å²) >= 11 is 0. The molecule has 3 heteroatoms. The molecule has 0 amide bonds. The predicted molar refractivity (Wildman–Crippen MR) is 75.4 cm³/mol. The molecule has 0 fully saturated rings. The van der Waals surface area contributed by atoms with Crippen LogP contribution in [0.1, 0.15) is 37.4 Å². The van der Waals surface area contributed by atoms with Crippen LogP contribution in [-0.2, 0) is 10.8 Å². The Labute approximate surface area is 107 Å². The van der Waals surface area contributed by atoms with Crippen molar-refractivity contribution < 1.29 is 4.21 Å². The standard InChI is InChI=1S/C14H23NOS/c1-11(2)7-8-17(16)10-14(15)13-6-4-5-12(3)9-13/h4-6,9,11,14H,7-8,10,15H2,1-3H3. The highest BCUT2D eigenvalue weighted by molar-refractivity contribution is 7.85. The van der Waals surface area contributed by atoms with Crippen molar-refractivity contribution in [3.8, 4) is 0 Å². The molecule has 2 unspecified atom stereocenters. The molecule has 0 radical (unpaired) electrons. The van der Waals surface area contributed by atoms with E-state index in [4.69, 9.17) is 5.73 Å². The molecule has 17 heavy (non-hydrogen) atoms. The maximum absolute atomic E-state index is 11.8. The lowest BCUT2D eigenvalue weighted by Gasteiger charge is -2.13.